The van der Waals surface area contributed by atoms with Gasteiger partial charge in [0.05, 0.1) is 12.4 Å². The van der Waals surface area contributed by atoms with E-state index in [9.17, 15) is 0 Å². The van der Waals surface area contributed by atoms with Crippen LogP contribution < -0.4 is 10.1 Å². The Bertz CT molecular complexity index is 1430. The quantitative estimate of drug-likeness (QED) is 0.256. The number of ether oxygens (including phenoxy) is 1. The second-order valence-electron chi connectivity index (χ2n) is 7.43. The van der Waals surface area contributed by atoms with Crippen LogP contribution in [0.2, 0.25) is 0 Å². The van der Waals surface area contributed by atoms with E-state index in [1.165, 1.54) is 0 Å². The second kappa shape index (κ2) is 10.2. The van der Waals surface area contributed by atoms with Gasteiger partial charge in [-0.3, -0.25) is 4.98 Å². The van der Waals surface area contributed by atoms with Gasteiger partial charge in [0.15, 0.2) is 5.65 Å². The van der Waals surface area contributed by atoms with Crippen molar-refractivity contribution in [3.63, 3.8) is 0 Å². The Balaban J connectivity index is 1.64. The molecule has 34 heavy (non-hydrogen) atoms. The maximum atomic E-state index is 8.95. The van der Waals surface area contributed by atoms with Crippen LogP contribution in [0.5, 0.6) is 11.6 Å². The van der Waals surface area contributed by atoms with Crippen LogP contribution in [0, 0.1) is 18.3 Å². The zero-order valence-electron chi connectivity index (χ0n) is 18.9. The number of benzene rings is 1. The number of fused-ring (bicyclic) bond motifs is 1. The Morgan fingerprint density at radius 2 is 2.00 bits per heavy atom. The number of nitrogens with one attached hydrogen (secondary N) is 2. The number of nitrogens with zero attached hydrogens (tertiary/aromatic N) is 5. The maximum absolute atomic E-state index is 8.95. The van der Waals surface area contributed by atoms with Crippen molar-refractivity contribution in [1.29, 1.82) is 5.26 Å². The van der Waals surface area contributed by atoms with Gasteiger partial charge in [-0.25, -0.2) is 4.98 Å². The first kappa shape index (κ1) is 22.4. The largest absolute Gasteiger partial charge is 0.437 e. The summed E-state index contributed by atoms with van der Waals surface area (Å²) in [5.41, 5.74) is 5.26. The van der Waals surface area contributed by atoms with Crippen molar-refractivity contribution in [3.8, 4) is 28.8 Å². The van der Waals surface area contributed by atoms with E-state index in [0.717, 1.165) is 28.8 Å². The Morgan fingerprint density at radius 3 is 2.74 bits per heavy atom. The van der Waals surface area contributed by atoms with Crippen molar-refractivity contribution in [2.24, 2.45) is 0 Å². The van der Waals surface area contributed by atoms with Crippen molar-refractivity contribution in [3.05, 3.63) is 90.7 Å². The van der Waals surface area contributed by atoms with E-state index in [0.29, 0.717) is 34.3 Å². The number of pyridine rings is 1. The Kier molecular flexibility index (Phi) is 6.75. The first-order valence-electron chi connectivity index (χ1n) is 10.7. The van der Waals surface area contributed by atoms with Crippen molar-refractivity contribution in [2.45, 2.75) is 20.3 Å². The number of hydrogen-bond donors (Lipinski definition) is 2. The molecule has 0 unspecified atom stereocenters. The van der Waals surface area contributed by atoms with E-state index < -0.39 is 0 Å². The number of anilines is 1. The third-order valence-electron chi connectivity index (χ3n) is 4.94. The van der Waals surface area contributed by atoms with Crippen LogP contribution in [0.25, 0.3) is 22.3 Å². The Hall–Kier alpha value is -4.77. The molecule has 0 amide bonds. The standard InChI is InChI=1S/C26H23N7O/c1-4-5-21(8-6-17(2)15-27)31-26-32-24-23(29-16-30-24)25(33-26)34-22-9-7-20(14-18(22)3)19-10-12-28-13-11-19/h5-14,16H,2,4H2,1,3H3,(H2,29,30,31,32,33)/b8-6-,21-5+. The molecule has 8 nitrogen and oxygen atoms in total. The fourth-order valence-corrected chi connectivity index (χ4v) is 3.27. The summed E-state index contributed by atoms with van der Waals surface area (Å²) in [4.78, 5) is 20.4. The van der Waals surface area contributed by atoms with Crippen molar-refractivity contribution in [2.75, 3.05) is 5.32 Å². The van der Waals surface area contributed by atoms with Gasteiger partial charge in [-0.1, -0.05) is 25.6 Å². The molecule has 0 aliphatic carbocycles. The molecule has 0 fully saturated rings. The van der Waals surface area contributed by atoms with Gasteiger partial charge in [-0.2, -0.15) is 15.2 Å². The Labute approximate surface area is 197 Å². The zero-order valence-corrected chi connectivity index (χ0v) is 18.9. The number of aryl methyl sites for hydroxylation is 1. The number of hydrogen-bond acceptors (Lipinski definition) is 7. The normalized spacial score (nSPS) is 11.5. The molecule has 0 aliphatic rings. The third-order valence-corrected chi connectivity index (χ3v) is 4.94. The molecule has 0 saturated heterocycles. The second-order valence-corrected chi connectivity index (χ2v) is 7.43. The van der Waals surface area contributed by atoms with E-state index in [2.05, 4.69) is 42.9 Å². The van der Waals surface area contributed by atoms with E-state index in [1.54, 1.807) is 30.9 Å². The highest BCUT2D eigenvalue weighted by Crippen LogP contribution is 2.31. The molecule has 3 heterocycles. The van der Waals surface area contributed by atoms with E-state index in [4.69, 9.17) is 10.00 Å². The molecule has 168 valence electrons. The van der Waals surface area contributed by atoms with Crippen LogP contribution in [0.15, 0.2) is 85.1 Å². The number of allylic oxidation sites excluding steroid dienone is 4. The molecule has 0 bridgehead atoms. The van der Waals surface area contributed by atoms with Gasteiger partial charge in [0.25, 0.3) is 5.88 Å². The van der Waals surface area contributed by atoms with Crippen LogP contribution in [0.3, 0.4) is 0 Å². The SMILES string of the molecule is C=C(C#N)/C=C\C(=C/CC)Nc1nc(Oc2ccc(-c3ccncc3)cc2C)c2[nH]cnc2n1. The van der Waals surface area contributed by atoms with Gasteiger partial charge < -0.3 is 15.0 Å². The predicted octanol–water partition coefficient (Wildman–Crippen LogP) is 5.86. The lowest BCUT2D eigenvalue weighted by atomic mass is 10.0. The first-order chi connectivity index (χ1) is 16.6. The molecule has 4 aromatic rings. The Morgan fingerprint density at radius 1 is 1.18 bits per heavy atom. The van der Waals surface area contributed by atoms with Crippen LogP contribution in [0.1, 0.15) is 18.9 Å². The lowest BCUT2D eigenvalue weighted by molar-refractivity contribution is 0.464. The molecule has 0 atom stereocenters. The summed E-state index contributed by atoms with van der Waals surface area (Å²) in [6, 6.07) is 11.9. The number of rotatable bonds is 8. The summed E-state index contributed by atoms with van der Waals surface area (Å²) in [6.07, 6.45) is 11.2. The maximum Gasteiger partial charge on any atom is 0.250 e. The highest BCUT2D eigenvalue weighted by atomic mass is 16.5. The molecule has 0 spiro atoms. The zero-order chi connectivity index (χ0) is 23.9. The van der Waals surface area contributed by atoms with Crippen LogP contribution >= 0.6 is 0 Å². The summed E-state index contributed by atoms with van der Waals surface area (Å²) >= 11 is 0. The smallest absolute Gasteiger partial charge is 0.250 e. The molecule has 2 N–H and O–H groups in total. The average molecular weight is 450 g/mol. The highest BCUT2D eigenvalue weighted by molar-refractivity contribution is 5.78. The molecule has 0 saturated carbocycles. The summed E-state index contributed by atoms with van der Waals surface area (Å²) < 4.78 is 6.20. The third kappa shape index (κ3) is 5.16. The van der Waals surface area contributed by atoms with Gasteiger partial charge in [0.2, 0.25) is 5.95 Å². The summed E-state index contributed by atoms with van der Waals surface area (Å²) in [5, 5.41) is 12.1. The summed E-state index contributed by atoms with van der Waals surface area (Å²) in [7, 11) is 0. The minimum atomic E-state index is 0.326. The van der Waals surface area contributed by atoms with Crippen molar-refractivity contribution in [1.82, 2.24) is 24.9 Å². The number of imidazole rings is 1. The fraction of sp³-hybridized carbons (Fsp3) is 0.115. The minimum Gasteiger partial charge on any atom is -0.437 e. The first-order valence-corrected chi connectivity index (χ1v) is 10.7. The molecular weight excluding hydrogens is 426 g/mol. The molecule has 8 heteroatoms. The lowest BCUT2D eigenvalue weighted by Crippen LogP contribution is -2.04. The average Bonchev–Trinajstić information content (AvgIpc) is 3.33. The minimum absolute atomic E-state index is 0.326. The monoisotopic (exact) mass is 449 g/mol. The summed E-state index contributed by atoms with van der Waals surface area (Å²) in [5.74, 6) is 1.35. The van der Waals surface area contributed by atoms with Gasteiger partial charge >= 0.3 is 0 Å². The van der Waals surface area contributed by atoms with Gasteiger partial charge in [0.1, 0.15) is 11.3 Å². The van der Waals surface area contributed by atoms with E-state index in [1.807, 2.05) is 50.3 Å². The molecule has 0 aliphatic heterocycles. The highest BCUT2D eigenvalue weighted by Gasteiger charge is 2.14. The van der Waals surface area contributed by atoms with E-state index >= 15 is 0 Å². The van der Waals surface area contributed by atoms with Gasteiger partial charge in [-0.05, 0) is 66.5 Å². The van der Waals surface area contributed by atoms with Crippen molar-refractivity contribution < 1.29 is 4.74 Å². The van der Waals surface area contributed by atoms with Crippen LogP contribution in [0.4, 0.5) is 5.95 Å². The molecule has 3 aromatic heterocycles. The van der Waals surface area contributed by atoms with Crippen LogP contribution in [-0.2, 0) is 0 Å². The van der Waals surface area contributed by atoms with Gasteiger partial charge in [0, 0.05) is 23.7 Å². The molecule has 1 aromatic carbocycles. The molecule has 4 rings (SSSR count). The predicted molar refractivity (Wildman–Crippen MR) is 132 cm³/mol. The number of nitriles is 1. The summed E-state index contributed by atoms with van der Waals surface area (Å²) in [6.45, 7) is 7.67. The van der Waals surface area contributed by atoms with E-state index in [-0.39, 0.29) is 0 Å². The molecule has 0 radical (unpaired) electrons. The van der Waals surface area contributed by atoms with Crippen LogP contribution in [-0.4, -0.2) is 24.9 Å². The lowest BCUT2D eigenvalue weighted by Gasteiger charge is -2.12. The number of aromatic nitrogens is 5. The topological polar surface area (TPSA) is 112 Å². The fourth-order valence-electron chi connectivity index (χ4n) is 3.27. The van der Waals surface area contributed by atoms with Gasteiger partial charge in [-0.15, -0.1) is 0 Å². The number of H-pyrrole nitrogens is 1. The number of aromatic amines is 1. The van der Waals surface area contributed by atoms with Crippen molar-refractivity contribution >= 4 is 17.1 Å². The molecular formula is C26H23N7O.